The molecule has 0 aliphatic carbocycles. The molecule has 0 bridgehead atoms. The summed E-state index contributed by atoms with van der Waals surface area (Å²) in [6.45, 7) is 8.14. The smallest absolute Gasteiger partial charge is 0.256 e. The van der Waals surface area contributed by atoms with Crippen LogP contribution in [0.25, 0.3) is 0 Å². The first-order valence-corrected chi connectivity index (χ1v) is 10.0. The predicted octanol–water partition coefficient (Wildman–Crippen LogP) is 2.24. The van der Waals surface area contributed by atoms with Crippen molar-refractivity contribution in [1.82, 2.24) is 24.8 Å². The van der Waals surface area contributed by atoms with Gasteiger partial charge in [-0.2, -0.15) is 4.98 Å². The summed E-state index contributed by atoms with van der Waals surface area (Å²) in [7, 11) is 0. The van der Waals surface area contributed by atoms with E-state index in [1.165, 1.54) is 16.5 Å². The highest BCUT2D eigenvalue weighted by molar-refractivity contribution is 5.75. The number of aryl methyl sites for hydroxylation is 3. The summed E-state index contributed by atoms with van der Waals surface area (Å²) in [5.41, 5.74) is 3.95. The van der Waals surface area contributed by atoms with Gasteiger partial charge in [-0.25, -0.2) is 9.97 Å². The third kappa shape index (κ3) is 6.11. The molecule has 9 heteroatoms. The maximum Gasteiger partial charge on any atom is 0.256 e. The number of carbonyl (C=O) groups excluding carboxylic acids is 1. The molecule has 0 atom stereocenters. The van der Waals surface area contributed by atoms with E-state index in [0.29, 0.717) is 36.1 Å². The first kappa shape index (κ1) is 21.9. The second-order valence-corrected chi connectivity index (χ2v) is 7.37. The number of amides is 1. The lowest BCUT2D eigenvalue weighted by atomic mass is 10.2. The molecule has 0 aliphatic heterocycles. The van der Waals surface area contributed by atoms with Gasteiger partial charge in [-0.1, -0.05) is 17.7 Å². The lowest BCUT2D eigenvalue weighted by molar-refractivity contribution is -0.121. The summed E-state index contributed by atoms with van der Waals surface area (Å²) >= 11 is 0. The minimum Gasteiger partial charge on any atom is -0.353 e. The highest BCUT2D eigenvalue weighted by atomic mass is 16.2. The minimum absolute atomic E-state index is 0.0709. The zero-order valence-corrected chi connectivity index (χ0v) is 18.2. The van der Waals surface area contributed by atoms with E-state index in [1.54, 1.807) is 13.8 Å². The SMILES string of the molecule is Cc1ccc(Nc2cc(C)nc(NCCNC(=O)Cn3cnc(C)c(C)c3=O)n2)cc1. The van der Waals surface area contributed by atoms with Crippen molar-refractivity contribution in [3.8, 4) is 0 Å². The monoisotopic (exact) mass is 421 g/mol. The molecule has 0 spiro atoms. The first-order valence-electron chi connectivity index (χ1n) is 10.0. The van der Waals surface area contributed by atoms with Gasteiger partial charge in [0.15, 0.2) is 0 Å². The van der Waals surface area contributed by atoms with Gasteiger partial charge in [-0.05, 0) is 39.8 Å². The highest BCUT2D eigenvalue weighted by Crippen LogP contribution is 2.17. The Bertz CT molecular complexity index is 1120. The molecule has 9 nitrogen and oxygen atoms in total. The molecule has 0 radical (unpaired) electrons. The second-order valence-electron chi connectivity index (χ2n) is 7.37. The molecule has 0 saturated heterocycles. The van der Waals surface area contributed by atoms with Crippen LogP contribution in [0.2, 0.25) is 0 Å². The summed E-state index contributed by atoms with van der Waals surface area (Å²) in [6, 6.07) is 9.90. The quantitative estimate of drug-likeness (QED) is 0.478. The molecule has 3 N–H and O–H groups in total. The van der Waals surface area contributed by atoms with E-state index in [0.717, 1.165) is 11.4 Å². The lowest BCUT2D eigenvalue weighted by Gasteiger charge is -2.11. The number of aromatic nitrogens is 4. The van der Waals surface area contributed by atoms with Crippen LogP contribution in [0, 0.1) is 27.7 Å². The number of nitrogens with zero attached hydrogens (tertiary/aromatic N) is 4. The average Bonchev–Trinajstić information content (AvgIpc) is 2.73. The number of rotatable bonds is 8. The number of hydrogen-bond donors (Lipinski definition) is 3. The van der Waals surface area contributed by atoms with Crippen LogP contribution in [0.5, 0.6) is 0 Å². The van der Waals surface area contributed by atoms with Gasteiger partial charge in [0.05, 0.1) is 6.33 Å². The maximum atomic E-state index is 12.2. The molecule has 162 valence electrons. The molecule has 2 heterocycles. The van der Waals surface area contributed by atoms with E-state index in [2.05, 4.69) is 30.9 Å². The Morgan fingerprint density at radius 2 is 1.77 bits per heavy atom. The topological polar surface area (TPSA) is 114 Å². The first-order chi connectivity index (χ1) is 14.8. The summed E-state index contributed by atoms with van der Waals surface area (Å²) in [5, 5.41) is 9.15. The third-order valence-corrected chi connectivity index (χ3v) is 4.74. The van der Waals surface area contributed by atoms with Crippen LogP contribution in [-0.2, 0) is 11.3 Å². The standard InChI is InChI=1S/C22H27N7O2/c1-14-5-7-18(8-6-14)27-19-11-15(2)26-22(28-19)24-10-9-23-20(30)12-29-13-25-17(4)16(3)21(29)31/h5-8,11,13H,9-10,12H2,1-4H3,(H,23,30)(H2,24,26,27,28). The van der Waals surface area contributed by atoms with Crippen LogP contribution in [0.3, 0.4) is 0 Å². The lowest BCUT2D eigenvalue weighted by Crippen LogP contribution is -2.35. The Morgan fingerprint density at radius 3 is 2.52 bits per heavy atom. The molecular weight excluding hydrogens is 394 g/mol. The van der Waals surface area contributed by atoms with E-state index >= 15 is 0 Å². The number of carbonyl (C=O) groups is 1. The summed E-state index contributed by atoms with van der Waals surface area (Å²) < 4.78 is 1.30. The van der Waals surface area contributed by atoms with Crippen molar-refractivity contribution in [2.45, 2.75) is 34.2 Å². The Balaban J connectivity index is 1.50. The fraction of sp³-hybridized carbons (Fsp3) is 0.318. The zero-order chi connectivity index (χ0) is 22.4. The molecule has 1 aromatic carbocycles. The van der Waals surface area contributed by atoms with Gasteiger partial charge < -0.3 is 16.0 Å². The van der Waals surface area contributed by atoms with Gasteiger partial charge in [0.25, 0.3) is 5.56 Å². The van der Waals surface area contributed by atoms with Crippen molar-refractivity contribution in [2.24, 2.45) is 0 Å². The van der Waals surface area contributed by atoms with Crippen LogP contribution in [0.4, 0.5) is 17.5 Å². The van der Waals surface area contributed by atoms with Gasteiger partial charge in [-0.3, -0.25) is 14.2 Å². The summed E-state index contributed by atoms with van der Waals surface area (Å²) in [6.07, 6.45) is 1.39. The number of benzene rings is 1. The molecule has 0 unspecified atom stereocenters. The molecule has 0 aliphatic rings. The van der Waals surface area contributed by atoms with Crippen LogP contribution >= 0.6 is 0 Å². The second kappa shape index (κ2) is 9.84. The fourth-order valence-electron chi connectivity index (χ4n) is 2.87. The largest absolute Gasteiger partial charge is 0.353 e. The molecule has 3 aromatic rings. The Kier molecular flexibility index (Phi) is 6.96. The number of anilines is 3. The highest BCUT2D eigenvalue weighted by Gasteiger charge is 2.08. The van der Waals surface area contributed by atoms with Crippen molar-refractivity contribution in [1.29, 1.82) is 0 Å². The molecule has 0 saturated carbocycles. The van der Waals surface area contributed by atoms with Crippen LogP contribution < -0.4 is 21.5 Å². The third-order valence-electron chi connectivity index (χ3n) is 4.74. The van der Waals surface area contributed by atoms with Crippen molar-refractivity contribution < 1.29 is 4.79 Å². The van der Waals surface area contributed by atoms with E-state index < -0.39 is 0 Å². The Morgan fingerprint density at radius 1 is 1.03 bits per heavy atom. The van der Waals surface area contributed by atoms with Crippen LogP contribution in [0.15, 0.2) is 41.5 Å². The number of nitrogens with one attached hydrogen (secondary N) is 3. The van der Waals surface area contributed by atoms with Crippen molar-refractivity contribution in [3.63, 3.8) is 0 Å². The molecule has 2 aromatic heterocycles. The van der Waals surface area contributed by atoms with Gasteiger partial charge in [0.2, 0.25) is 11.9 Å². The van der Waals surface area contributed by atoms with E-state index in [-0.39, 0.29) is 18.0 Å². The van der Waals surface area contributed by atoms with Crippen LogP contribution in [-0.4, -0.2) is 38.5 Å². The molecule has 0 fully saturated rings. The van der Waals surface area contributed by atoms with Crippen molar-refractivity contribution in [2.75, 3.05) is 23.7 Å². The van der Waals surface area contributed by atoms with Crippen molar-refractivity contribution in [3.05, 3.63) is 69.5 Å². The average molecular weight is 422 g/mol. The molecular formula is C22H27N7O2. The van der Waals surface area contributed by atoms with Gasteiger partial charge >= 0.3 is 0 Å². The maximum absolute atomic E-state index is 12.2. The minimum atomic E-state index is -0.263. The Labute approximate surface area is 181 Å². The Hall–Kier alpha value is -3.75. The zero-order valence-electron chi connectivity index (χ0n) is 18.2. The van der Waals surface area contributed by atoms with E-state index in [9.17, 15) is 9.59 Å². The normalized spacial score (nSPS) is 10.6. The summed E-state index contributed by atoms with van der Waals surface area (Å²) in [5.74, 6) is 0.892. The molecule has 31 heavy (non-hydrogen) atoms. The van der Waals surface area contributed by atoms with Gasteiger partial charge in [0, 0.05) is 41.8 Å². The molecule has 3 rings (SSSR count). The van der Waals surface area contributed by atoms with E-state index in [1.807, 2.05) is 44.2 Å². The predicted molar refractivity (Wildman–Crippen MR) is 121 cm³/mol. The van der Waals surface area contributed by atoms with E-state index in [4.69, 9.17) is 0 Å². The molecule has 1 amide bonds. The van der Waals surface area contributed by atoms with Crippen LogP contribution in [0.1, 0.15) is 22.5 Å². The summed E-state index contributed by atoms with van der Waals surface area (Å²) in [4.78, 5) is 37.3. The van der Waals surface area contributed by atoms with Gasteiger partial charge in [0.1, 0.15) is 12.4 Å². The van der Waals surface area contributed by atoms with Crippen molar-refractivity contribution >= 4 is 23.4 Å². The fourth-order valence-corrected chi connectivity index (χ4v) is 2.87. The van der Waals surface area contributed by atoms with Gasteiger partial charge in [-0.15, -0.1) is 0 Å². The number of hydrogen-bond acceptors (Lipinski definition) is 7.